The van der Waals surface area contributed by atoms with Gasteiger partial charge in [0.2, 0.25) is 0 Å². The molecule has 2 nitrogen and oxygen atoms in total. The van der Waals surface area contributed by atoms with E-state index in [0.29, 0.717) is 11.8 Å². The summed E-state index contributed by atoms with van der Waals surface area (Å²) in [5, 5.41) is 2.19. The second-order valence-electron chi connectivity index (χ2n) is 5.19. The Bertz CT molecular complexity index is 426. The van der Waals surface area contributed by atoms with E-state index in [0.717, 1.165) is 32.2 Å². The van der Waals surface area contributed by atoms with E-state index in [1.54, 1.807) is 0 Å². The van der Waals surface area contributed by atoms with Crippen molar-refractivity contribution in [3.8, 4) is 0 Å². The number of nitrogens with zero attached hydrogens (tertiary/aromatic N) is 1. The highest BCUT2D eigenvalue weighted by molar-refractivity contribution is 7.10. The molecule has 0 aromatic carbocycles. The third kappa shape index (κ3) is 1.95. The van der Waals surface area contributed by atoms with Crippen molar-refractivity contribution in [3.05, 3.63) is 21.9 Å². The van der Waals surface area contributed by atoms with Gasteiger partial charge in [0.15, 0.2) is 0 Å². The molecule has 0 saturated heterocycles. The summed E-state index contributed by atoms with van der Waals surface area (Å²) in [4.78, 5) is 16.0. The molecule has 1 aromatic rings. The quantitative estimate of drug-likeness (QED) is 0.762. The summed E-state index contributed by atoms with van der Waals surface area (Å²) < 4.78 is 0. The largest absolute Gasteiger partial charge is 0.298 e. The van der Waals surface area contributed by atoms with Gasteiger partial charge in [-0.05, 0) is 43.2 Å². The molecule has 2 aliphatic rings. The van der Waals surface area contributed by atoms with Crippen molar-refractivity contribution in [2.45, 2.75) is 51.1 Å². The van der Waals surface area contributed by atoms with Gasteiger partial charge in [0.1, 0.15) is 5.78 Å². The lowest BCUT2D eigenvalue weighted by molar-refractivity contribution is -0.127. The van der Waals surface area contributed by atoms with Crippen molar-refractivity contribution >= 4 is 17.1 Å². The van der Waals surface area contributed by atoms with Crippen LogP contribution in [0.25, 0.3) is 0 Å². The monoisotopic (exact) mass is 249 g/mol. The smallest absolute Gasteiger partial charge is 0.149 e. The van der Waals surface area contributed by atoms with E-state index in [4.69, 9.17) is 0 Å². The zero-order chi connectivity index (χ0) is 11.8. The summed E-state index contributed by atoms with van der Waals surface area (Å²) in [6.07, 6.45) is 5.31. The summed E-state index contributed by atoms with van der Waals surface area (Å²) in [6.45, 7) is 3.32. The number of rotatable bonds is 1. The topological polar surface area (TPSA) is 20.3 Å². The van der Waals surface area contributed by atoms with Gasteiger partial charge in [-0.25, -0.2) is 0 Å². The van der Waals surface area contributed by atoms with E-state index >= 15 is 0 Å². The van der Waals surface area contributed by atoms with Gasteiger partial charge in [-0.15, -0.1) is 11.3 Å². The van der Waals surface area contributed by atoms with Crippen LogP contribution < -0.4 is 0 Å². The van der Waals surface area contributed by atoms with Crippen molar-refractivity contribution in [3.63, 3.8) is 0 Å². The molecule has 1 fully saturated rings. The fourth-order valence-corrected chi connectivity index (χ4v) is 4.23. The minimum absolute atomic E-state index is 0.201. The van der Waals surface area contributed by atoms with Crippen LogP contribution in [0.2, 0.25) is 0 Å². The van der Waals surface area contributed by atoms with Crippen LogP contribution in [-0.2, 0) is 11.2 Å². The standard InChI is InChI=1S/C14H19NOS/c1-10-11-7-9-17-14(11)6-8-15(10)12-4-2-3-5-13(12)16/h7,9-10,12H,2-6,8H2,1H3. The molecular weight excluding hydrogens is 230 g/mol. The second kappa shape index (κ2) is 4.54. The Morgan fingerprint density at radius 3 is 3.06 bits per heavy atom. The number of Topliss-reactive ketones (excluding diaryl/α,β-unsaturated/α-hetero) is 1. The zero-order valence-corrected chi connectivity index (χ0v) is 11.1. The predicted octanol–water partition coefficient (Wildman–Crippen LogP) is 3.18. The van der Waals surface area contributed by atoms with Gasteiger partial charge in [0.25, 0.3) is 0 Å². The van der Waals surface area contributed by atoms with Gasteiger partial charge in [0.05, 0.1) is 6.04 Å². The van der Waals surface area contributed by atoms with E-state index in [2.05, 4.69) is 23.3 Å². The van der Waals surface area contributed by atoms with Crippen LogP contribution in [0.5, 0.6) is 0 Å². The van der Waals surface area contributed by atoms with Crippen LogP contribution in [0.3, 0.4) is 0 Å². The lowest BCUT2D eigenvalue weighted by atomic mass is 9.89. The second-order valence-corrected chi connectivity index (χ2v) is 6.19. The van der Waals surface area contributed by atoms with Crippen LogP contribution in [0.1, 0.15) is 49.1 Å². The first-order valence-corrected chi connectivity index (χ1v) is 7.50. The predicted molar refractivity (Wildman–Crippen MR) is 70.4 cm³/mol. The minimum Gasteiger partial charge on any atom is -0.298 e. The average Bonchev–Trinajstić information content (AvgIpc) is 2.80. The molecule has 0 N–H and O–H groups in total. The first-order valence-electron chi connectivity index (χ1n) is 6.62. The highest BCUT2D eigenvalue weighted by Crippen LogP contribution is 2.36. The normalized spacial score (nSPS) is 30.3. The minimum atomic E-state index is 0.201. The van der Waals surface area contributed by atoms with E-state index in [1.165, 1.54) is 16.9 Å². The molecule has 0 radical (unpaired) electrons. The summed E-state index contributed by atoms with van der Waals surface area (Å²) in [7, 11) is 0. The van der Waals surface area contributed by atoms with Crippen LogP contribution >= 0.6 is 11.3 Å². The van der Waals surface area contributed by atoms with Crippen LogP contribution in [-0.4, -0.2) is 23.3 Å². The van der Waals surface area contributed by atoms with Crippen LogP contribution in [0, 0.1) is 0 Å². The van der Waals surface area contributed by atoms with Gasteiger partial charge >= 0.3 is 0 Å². The highest BCUT2D eigenvalue weighted by Gasteiger charge is 2.34. The molecule has 0 amide bonds. The van der Waals surface area contributed by atoms with Gasteiger partial charge in [-0.2, -0.15) is 0 Å². The molecule has 92 valence electrons. The highest BCUT2D eigenvalue weighted by atomic mass is 32.1. The van der Waals surface area contributed by atoms with Crippen LogP contribution in [0.4, 0.5) is 0 Å². The maximum absolute atomic E-state index is 12.1. The number of hydrogen-bond donors (Lipinski definition) is 0. The summed E-state index contributed by atoms with van der Waals surface area (Å²) >= 11 is 1.87. The number of hydrogen-bond acceptors (Lipinski definition) is 3. The summed E-state index contributed by atoms with van der Waals surface area (Å²) in [5.41, 5.74) is 1.46. The fraction of sp³-hybridized carbons (Fsp3) is 0.643. The lowest BCUT2D eigenvalue weighted by Crippen LogP contribution is -2.46. The Morgan fingerprint density at radius 2 is 2.24 bits per heavy atom. The molecule has 3 heteroatoms. The maximum Gasteiger partial charge on any atom is 0.149 e. The van der Waals surface area contributed by atoms with Gasteiger partial charge in [-0.3, -0.25) is 9.69 Å². The summed E-state index contributed by atoms with van der Waals surface area (Å²) in [6, 6.07) is 2.87. The van der Waals surface area contributed by atoms with Gasteiger partial charge in [-0.1, -0.05) is 6.42 Å². The fourth-order valence-electron chi connectivity index (χ4n) is 3.27. The van der Waals surface area contributed by atoms with E-state index < -0.39 is 0 Å². The molecular formula is C14H19NOS. The molecule has 1 saturated carbocycles. The van der Waals surface area contributed by atoms with Crippen molar-refractivity contribution in [2.75, 3.05) is 6.54 Å². The number of ketones is 1. The van der Waals surface area contributed by atoms with Crippen molar-refractivity contribution in [2.24, 2.45) is 0 Å². The molecule has 1 aromatic heterocycles. The third-order valence-corrected chi connectivity index (χ3v) is 5.24. The number of carbonyl (C=O) groups excluding carboxylic acids is 1. The average molecular weight is 249 g/mol. The Balaban J connectivity index is 1.83. The first kappa shape index (κ1) is 11.4. The Labute approximate surface area is 107 Å². The Kier molecular flexibility index (Phi) is 3.05. The molecule has 17 heavy (non-hydrogen) atoms. The summed E-state index contributed by atoms with van der Waals surface area (Å²) in [5.74, 6) is 0.474. The molecule has 2 heterocycles. The van der Waals surface area contributed by atoms with Crippen LogP contribution in [0.15, 0.2) is 11.4 Å². The zero-order valence-electron chi connectivity index (χ0n) is 10.3. The molecule has 2 atom stereocenters. The third-order valence-electron chi connectivity index (χ3n) is 4.25. The van der Waals surface area contributed by atoms with Crippen molar-refractivity contribution < 1.29 is 4.79 Å². The SMILES string of the molecule is CC1c2ccsc2CCN1C1CCCCC1=O. The Hall–Kier alpha value is -0.670. The molecule has 1 aliphatic carbocycles. The lowest BCUT2D eigenvalue weighted by Gasteiger charge is -2.40. The Morgan fingerprint density at radius 1 is 1.35 bits per heavy atom. The van der Waals surface area contributed by atoms with Crippen molar-refractivity contribution in [1.82, 2.24) is 4.90 Å². The van der Waals surface area contributed by atoms with E-state index in [9.17, 15) is 4.79 Å². The molecule has 3 rings (SSSR count). The van der Waals surface area contributed by atoms with Gasteiger partial charge < -0.3 is 0 Å². The number of thiophene rings is 1. The number of fused-ring (bicyclic) bond motifs is 1. The molecule has 0 bridgehead atoms. The van der Waals surface area contributed by atoms with E-state index in [-0.39, 0.29) is 6.04 Å². The van der Waals surface area contributed by atoms with Crippen molar-refractivity contribution in [1.29, 1.82) is 0 Å². The molecule has 2 unspecified atom stereocenters. The molecule has 1 aliphatic heterocycles. The van der Waals surface area contributed by atoms with E-state index in [1.807, 2.05) is 11.3 Å². The van der Waals surface area contributed by atoms with Gasteiger partial charge in [0, 0.05) is 23.9 Å². The first-order chi connectivity index (χ1) is 8.27. The maximum atomic E-state index is 12.1. The molecule has 0 spiro atoms. The number of carbonyl (C=O) groups is 1.